The maximum absolute atomic E-state index is 10.3. The number of carbonyl (C=O) groups is 1. The second-order valence-corrected chi connectivity index (χ2v) is 4.57. The third-order valence-electron chi connectivity index (χ3n) is 2.99. The summed E-state index contributed by atoms with van der Waals surface area (Å²) < 4.78 is 5.10. The normalized spacial score (nSPS) is 10.2. The Hall–Kier alpha value is -1.71. The first-order valence-electron chi connectivity index (χ1n) is 6.82. The van der Waals surface area contributed by atoms with Crippen LogP contribution in [0.15, 0.2) is 24.3 Å². The molecule has 0 bridgehead atoms. The van der Waals surface area contributed by atoms with Crippen molar-refractivity contribution in [2.45, 2.75) is 38.5 Å². The first kappa shape index (κ1) is 15.3. The number of benzene rings is 1. The van der Waals surface area contributed by atoms with E-state index in [4.69, 9.17) is 9.84 Å². The molecule has 0 spiro atoms. The van der Waals surface area contributed by atoms with Crippen LogP contribution in [0.3, 0.4) is 0 Å². The van der Waals surface area contributed by atoms with E-state index in [1.165, 1.54) is 0 Å². The number of nitrogens with one attached hydrogen (secondary N) is 1. The Kier molecular flexibility index (Phi) is 7.47. The topological polar surface area (TPSA) is 58.6 Å². The van der Waals surface area contributed by atoms with E-state index in [0.717, 1.165) is 50.1 Å². The summed E-state index contributed by atoms with van der Waals surface area (Å²) >= 11 is 0. The molecular formula is C15H23NO3. The molecule has 0 unspecified atom stereocenters. The minimum atomic E-state index is -0.693. The molecule has 19 heavy (non-hydrogen) atoms. The van der Waals surface area contributed by atoms with Gasteiger partial charge in [0.1, 0.15) is 5.75 Å². The summed E-state index contributed by atoms with van der Waals surface area (Å²) in [5.41, 5.74) is 1.10. The molecule has 1 aromatic carbocycles. The molecule has 4 nitrogen and oxygen atoms in total. The van der Waals surface area contributed by atoms with Crippen LogP contribution in [0.1, 0.15) is 38.5 Å². The molecular weight excluding hydrogens is 242 g/mol. The van der Waals surface area contributed by atoms with Crippen molar-refractivity contribution < 1.29 is 14.6 Å². The number of ether oxygens (including phenoxy) is 1. The van der Waals surface area contributed by atoms with Crippen molar-refractivity contribution in [1.82, 2.24) is 0 Å². The molecule has 0 amide bonds. The molecule has 0 aliphatic carbocycles. The Morgan fingerprint density at radius 3 is 2.37 bits per heavy atom. The van der Waals surface area contributed by atoms with Crippen LogP contribution in [0.2, 0.25) is 0 Å². The van der Waals surface area contributed by atoms with E-state index in [0.29, 0.717) is 6.42 Å². The number of methoxy groups -OCH3 is 1. The summed E-state index contributed by atoms with van der Waals surface area (Å²) in [6.07, 6.45) is 5.46. The van der Waals surface area contributed by atoms with Crippen LogP contribution in [0.25, 0.3) is 0 Å². The van der Waals surface area contributed by atoms with Gasteiger partial charge in [-0.05, 0) is 37.1 Å². The summed E-state index contributed by atoms with van der Waals surface area (Å²) in [5, 5.41) is 11.9. The Bertz CT molecular complexity index is 362. The van der Waals surface area contributed by atoms with Crippen molar-refractivity contribution >= 4 is 11.7 Å². The standard InChI is InChI=1S/C15H23NO3/c1-19-14-10-8-13(9-11-14)16-12-6-4-2-3-5-7-15(17)18/h8-11,16H,2-7,12H2,1H3,(H,17,18). The highest BCUT2D eigenvalue weighted by Gasteiger charge is 1.97. The average Bonchev–Trinajstić information content (AvgIpc) is 2.42. The Morgan fingerprint density at radius 2 is 1.74 bits per heavy atom. The smallest absolute Gasteiger partial charge is 0.303 e. The lowest BCUT2D eigenvalue weighted by atomic mass is 10.1. The van der Waals surface area contributed by atoms with E-state index < -0.39 is 5.97 Å². The monoisotopic (exact) mass is 265 g/mol. The molecule has 0 aromatic heterocycles. The van der Waals surface area contributed by atoms with Crippen LogP contribution in [0, 0.1) is 0 Å². The van der Waals surface area contributed by atoms with Gasteiger partial charge in [0, 0.05) is 18.7 Å². The van der Waals surface area contributed by atoms with Crippen LogP contribution >= 0.6 is 0 Å². The van der Waals surface area contributed by atoms with Crippen LogP contribution in [0.4, 0.5) is 5.69 Å². The second-order valence-electron chi connectivity index (χ2n) is 4.57. The minimum Gasteiger partial charge on any atom is -0.497 e. The molecule has 1 aromatic rings. The fourth-order valence-corrected chi connectivity index (χ4v) is 1.87. The highest BCUT2D eigenvalue weighted by atomic mass is 16.5. The van der Waals surface area contributed by atoms with Gasteiger partial charge in [-0.25, -0.2) is 0 Å². The number of carboxylic acid groups (broad SMARTS) is 1. The second kappa shape index (κ2) is 9.25. The summed E-state index contributed by atoms with van der Waals surface area (Å²) in [6.45, 7) is 0.950. The molecule has 2 N–H and O–H groups in total. The molecule has 0 atom stereocenters. The molecule has 0 radical (unpaired) electrons. The van der Waals surface area contributed by atoms with Gasteiger partial charge >= 0.3 is 5.97 Å². The molecule has 0 saturated heterocycles. The highest BCUT2D eigenvalue weighted by molar-refractivity contribution is 5.66. The summed E-state index contributed by atoms with van der Waals surface area (Å²) in [5.74, 6) is 0.171. The lowest BCUT2D eigenvalue weighted by Gasteiger charge is -2.07. The maximum atomic E-state index is 10.3. The van der Waals surface area contributed by atoms with Gasteiger partial charge in [0.2, 0.25) is 0 Å². The van der Waals surface area contributed by atoms with Crippen molar-refractivity contribution in [3.63, 3.8) is 0 Å². The van der Waals surface area contributed by atoms with Crippen LogP contribution in [-0.2, 0) is 4.79 Å². The van der Waals surface area contributed by atoms with E-state index in [-0.39, 0.29) is 0 Å². The summed E-state index contributed by atoms with van der Waals surface area (Å²) in [6, 6.07) is 7.89. The SMILES string of the molecule is COc1ccc(NCCCCCCCC(=O)O)cc1. The van der Waals surface area contributed by atoms with Crippen LogP contribution in [0.5, 0.6) is 5.75 Å². The number of aliphatic carboxylic acids is 1. The molecule has 1 rings (SSSR count). The fourth-order valence-electron chi connectivity index (χ4n) is 1.87. The van der Waals surface area contributed by atoms with Gasteiger partial charge in [0.25, 0.3) is 0 Å². The van der Waals surface area contributed by atoms with Crippen molar-refractivity contribution in [2.75, 3.05) is 19.0 Å². The first-order valence-corrected chi connectivity index (χ1v) is 6.82. The zero-order valence-corrected chi connectivity index (χ0v) is 11.5. The van der Waals surface area contributed by atoms with Gasteiger partial charge in [-0.2, -0.15) is 0 Å². The van der Waals surface area contributed by atoms with Crippen molar-refractivity contribution in [3.05, 3.63) is 24.3 Å². The van der Waals surface area contributed by atoms with Crippen LogP contribution in [-0.4, -0.2) is 24.7 Å². The van der Waals surface area contributed by atoms with Gasteiger partial charge in [0.05, 0.1) is 7.11 Å². The number of hydrogen-bond acceptors (Lipinski definition) is 3. The van der Waals surface area contributed by atoms with Gasteiger partial charge < -0.3 is 15.2 Å². The predicted octanol–water partition coefficient (Wildman–Crippen LogP) is 3.53. The molecule has 0 saturated carbocycles. The molecule has 106 valence electrons. The van der Waals surface area contributed by atoms with Gasteiger partial charge in [-0.1, -0.05) is 19.3 Å². The van der Waals surface area contributed by atoms with Gasteiger partial charge in [-0.3, -0.25) is 4.79 Å². The third kappa shape index (κ3) is 7.34. The fraction of sp³-hybridized carbons (Fsp3) is 0.533. The average molecular weight is 265 g/mol. The van der Waals surface area contributed by atoms with E-state index in [1.807, 2.05) is 24.3 Å². The van der Waals surface area contributed by atoms with Crippen molar-refractivity contribution in [1.29, 1.82) is 0 Å². The zero-order valence-electron chi connectivity index (χ0n) is 11.5. The van der Waals surface area contributed by atoms with E-state index in [2.05, 4.69) is 5.32 Å². The Labute approximate surface area is 114 Å². The molecule has 0 heterocycles. The highest BCUT2D eigenvalue weighted by Crippen LogP contribution is 2.15. The number of hydrogen-bond donors (Lipinski definition) is 2. The molecule has 0 aliphatic heterocycles. The molecule has 0 aliphatic rings. The largest absolute Gasteiger partial charge is 0.497 e. The van der Waals surface area contributed by atoms with E-state index >= 15 is 0 Å². The summed E-state index contributed by atoms with van der Waals surface area (Å²) in [4.78, 5) is 10.3. The maximum Gasteiger partial charge on any atom is 0.303 e. The van der Waals surface area contributed by atoms with Gasteiger partial charge in [0.15, 0.2) is 0 Å². The Balaban J connectivity index is 1.99. The van der Waals surface area contributed by atoms with Crippen molar-refractivity contribution in [3.8, 4) is 5.75 Å². The summed E-state index contributed by atoms with van der Waals surface area (Å²) in [7, 11) is 1.66. The Morgan fingerprint density at radius 1 is 1.11 bits per heavy atom. The minimum absolute atomic E-state index is 0.296. The number of carboxylic acids is 1. The van der Waals surface area contributed by atoms with E-state index in [9.17, 15) is 4.79 Å². The van der Waals surface area contributed by atoms with E-state index in [1.54, 1.807) is 7.11 Å². The number of unbranched alkanes of at least 4 members (excludes halogenated alkanes) is 4. The number of anilines is 1. The number of rotatable bonds is 10. The van der Waals surface area contributed by atoms with Gasteiger partial charge in [-0.15, -0.1) is 0 Å². The molecule has 4 heteroatoms. The lowest BCUT2D eigenvalue weighted by molar-refractivity contribution is -0.137. The first-order chi connectivity index (χ1) is 9.22. The lowest BCUT2D eigenvalue weighted by Crippen LogP contribution is -2.01. The third-order valence-corrected chi connectivity index (χ3v) is 2.99. The van der Waals surface area contributed by atoms with Crippen LogP contribution < -0.4 is 10.1 Å². The zero-order chi connectivity index (χ0) is 13.9. The van der Waals surface area contributed by atoms with Crippen molar-refractivity contribution in [2.24, 2.45) is 0 Å². The quantitative estimate of drug-likeness (QED) is 0.635. The predicted molar refractivity (Wildman–Crippen MR) is 76.8 cm³/mol. The molecule has 0 fully saturated rings.